The number of alkyl halides is 1. The third kappa shape index (κ3) is 2.01. The highest BCUT2D eigenvalue weighted by Gasteiger charge is 2.13. The zero-order chi connectivity index (χ0) is 10.8. The van der Waals surface area contributed by atoms with Gasteiger partial charge < -0.3 is 0 Å². The molecular formula is C12H11BrClN. The van der Waals surface area contributed by atoms with Gasteiger partial charge in [0.1, 0.15) is 0 Å². The standard InChI is InChI=1S/C12H11BrClN/c1-8(7-13)11-10(14)5-4-9-3-2-6-15-12(9)11/h2-6,8H,7H2,1H3. The maximum atomic E-state index is 6.22. The van der Waals surface area contributed by atoms with E-state index in [0.717, 1.165) is 26.8 Å². The molecule has 1 heterocycles. The molecule has 0 saturated heterocycles. The molecule has 0 N–H and O–H groups in total. The average Bonchev–Trinajstić information content (AvgIpc) is 2.28. The molecule has 3 heteroatoms. The van der Waals surface area contributed by atoms with Crippen molar-refractivity contribution in [3.05, 3.63) is 41.0 Å². The number of fused-ring (bicyclic) bond motifs is 1. The molecule has 0 bridgehead atoms. The lowest BCUT2D eigenvalue weighted by molar-refractivity contribution is 0.894. The van der Waals surface area contributed by atoms with Crippen LogP contribution in [-0.2, 0) is 0 Å². The highest BCUT2D eigenvalue weighted by Crippen LogP contribution is 2.31. The molecule has 1 nitrogen and oxygen atoms in total. The Labute approximate surface area is 103 Å². The Morgan fingerprint density at radius 2 is 2.20 bits per heavy atom. The van der Waals surface area contributed by atoms with Gasteiger partial charge in [0.2, 0.25) is 0 Å². The fraction of sp³-hybridized carbons (Fsp3) is 0.250. The normalized spacial score (nSPS) is 13.0. The summed E-state index contributed by atoms with van der Waals surface area (Å²) in [5.41, 5.74) is 2.14. The molecule has 0 amide bonds. The van der Waals surface area contributed by atoms with Crippen molar-refractivity contribution < 1.29 is 0 Å². The molecule has 0 aliphatic rings. The molecule has 0 fully saturated rings. The lowest BCUT2D eigenvalue weighted by Gasteiger charge is -2.12. The molecule has 0 radical (unpaired) electrons. The van der Waals surface area contributed by atoms with E-state index in [4.69, 9.17) is 11.6 Å². The minimum absolute atomic E-state index is 0.371. The molecule has 15 heavy (non-hydrogen) atoms. The summed E-state index contributed by atoms with van der Waals surface area (Å²) in [5.74, 6) is 0.371. The van der Waals surface area contributed by atoms with E-state index in [1.807, 2.05) is 24.4 Å². The van der Waals surface area contributed by atoms with Crippen LogP contribution in [0.4, 0.5) is 0 Å². The number of aromatic nitrogens is 1. The highest BCUT2D eigenvalue weighted by molar-refractivity contribution is 9.09. The average molecular weight is 285 g/mol. The van der Waals surface area contributed by atoms with Crippen molar-refractivity contribution in [3.63, 3.8) is 0 Å². The van der Waals surface area contributed by atoms with Gasteiger partial charge in [0.15, 0.2) is 0 Å². The van der Waals surface area contributed by atoms with Crippen molar-refractivity contribution in [1.29, 1.82) is 0 Å². The van der Waals surface area contributed by atoms with Gasteiger partial charge in [0.05, 0.1) is 5.52 Å². The van der Waals surface area contributed by atoms with Crippen molar-refractivity contribution in [2.75, 3.05) is 5.33 Å². The summed E-state index contributed by atoms with van der Waals surface area (Å²) in [5, 5.41) is 2.83. The van der Waals surface area contributed by atoms with Crippen LogP contribution in [0.3, 0.4) is 0 Å². The monoisotopic (exact) mass is 283 g/mol. The third-order valence-electron chi connectivity index (χ3n) is 2.48. The number of nitrogens with zero attached hydrogens (tertiary/aromatic N) is 1. The van der Waals surface area contributed by atoms with Gasteiger partial charge in [-0.2, -0.15) is 0 Å². The summed E-state index contributed by atoms with van der Waals surface area (Å²) < 4.78 is 0. The van der Waals surface area contributed by atoms with Crippen molar-refractivity contribution >= 4 is 38.4 Å². The Morgan fingerprint density at radius 1 is 1.40 bits per heavy atom. The largest absolute Gasteiger partial charge is 0.256 e. The molecule has 2 aromatic rings. The molecule has 1 atom stereocenters. The van der Waals surface area contributed by atoms with Crippen LogP contribution in [0.1, 0.15) is 18.4 Å². The Kier molecular flexibility index (Phi) is 3.27. The Bertz CT molecular complexity index is 484. The number of benzene rings is 1. The van der Waals surface area contributed by atoms with Crippen LogP contribution >= 0.6 is 27.5 Å². The molecule has 0 aliphatic heterocycles. The van der Waals surface area contributed by atoms with E-state index in [1.165, 1.54) is 0 Å². The number of rotatable bonds is 2. The predicted molar refractivity (Wildman–Crippen MR) is 69.0 cm³/mol. The number of hydrogen-bond acceptors (Lipinski definition) is 1. The summed E-state index contributed by atoms with van der Waals surface area (Å²) in [6, 6.07) is 7.96. The maximum Gasteiger partial charge on any atom is 0.0751 e. The van der Waals surface area contributed by atoms with Gasteiger partial charge in [-0.1, -0.05) is 46.6 Å². The molecule has 2 rings (SSSR count). The van der Waals surface area contributed by atoms with Crippen LogP contribution in [0.15, 0.2) is 30.5 Å². The number of pyridine rings is 1. The molecule has 0 aliphatic carbocycles. The van der Waals surface area contributed by atoms with E-state index in [9.17, 15) is 0 Å². The van der Waals surface area contributed by atoms with Crippen LogP contribution in [0.5, 0.6) is 0 Å². The SMILES string of the molecule is CC(CBr)c1c(Cl)ccc2cccnc12. The second-order valence-electron chi connectivity index (χ2n) is 3.59. The minimum atomic E-state index is 0.371. The second-order valence-corrected chi connectivity index (χ2v) is 4.65. The van der Waals surface area contributed by atoms with Crippen molar-refractivity contribution in [1.82, 2.24) is 4.98 Å². The Morgan fingerprint density at radius 3 is 2.93 bits per heavy atom. The van der Waals surface area contributed by atoms with Crippen molar-refractivity contribution in [3.8, 4) is 0 Å². The fourth-order valence-electron chi connectivity index (χ4n) is 1.69. The lowest BCUT2D eigenvalue weighted by atomic mass is 9.99. The first kappa shape index (κ1) is 10.9. The molecule has 0 spiro atoms. The van der Waals surface area contributed by atoms with Crippen LogP contribution in [0.2, 0.25) is 5.02 Å². The van der Waals surface area contributed by atoms with Gasteiger partial charge in [0.25, 0.3) is 0 Å². The quantitative estimate of drug-likeness (QED) is 0.746. The van der Waals surface area contributed by atoms with E-state index >= 15 is 0 Å². The topological polar surface area (TPSA) is 12.9 Å². The lowest BCUT2D eigenvalue weighted by Crippen LogP contribution is -1.98. The first-order valence-corrected chi connectivity index (χ1v) is 6.33. The molecule has 1 aromatic heterocycles. The smallest absolute Gasteiger partial charge is 0.0751 e. The molecule has 0 saturated carbocycles. The Hall–Kier alpha value is -0.600. The fourth-order valence-corrected chi connectivity index (χ4v) is 2.35. The summed E-state index contributed by atoms with van der Waals surface area (Å²) in [7, 11) is 0. The van der Waals surface area contributed by atoms with Crippen LogP contribution in [-0.4, -0.2) is 10.3 Å². The third-order valence-corrected chi connectivity index (χ3v) is 3.79. The summed E-state index contributed by atoms with van der Waals surface area (Å²) in [4.78, 5) is 4.41. The molecule has 1 unspecified atom stereocenters. The van der Waals surface area contributed by atoms with Gasteiger partial charge in [-0.05, 0) is 18.1 Å². The number of hydrogen-bond donors (Lipinski definition) is 0. The van der Waals surface area contributed by atoms with E-state index in [2.05, 4.69) is 33.9 Å². The second kappa shape index (κ2) is 4.50. The van der Waals surface area contributed by atoms with Crippen LogP contribution in [0, 0.1) is 0 Å². The van der Waals surface area contributed by atoms with E-state index in [-0.39, 0.29) is 0 Å². The van der Waals surface area contributed by atoms with E-state index in [0.29, 0.717) is 5.92 Å². The maximum absolute atomic E-state index is 6.22. The van der Waals surface area contributed by atoms with Crippen molar-refractivity contribution in [2.24, 2.45) is 0 Å². The molecule has 78 valence electrons. The highest BCUT2D eigenvalue weighted by atomic mass is 79.9. The first-order valence-electron chi connectivity index (χ1n) is 4.83. The van der Waals surface area contributed by atoms with Crippen molar-refractivity contribution in [2.45, 2.75) is 12.8 Å². The van der Waals surface area contributed by atoms with Crippen LogP contribution in [0.25, 0.3) is 10.9 Å². The van der Waals surface area contributed by atoms with E-state index in [1.54, 1.807) is 0 Å². The minimum Gasteiger partial charge on any atom is -0.256 e. The van der Waals surface area contributed by atoms with Gasteiger partial charge in [0, 0.05) is 27.5 Å². The van der Waals surface area contributed by atoms with Gasteiger partial charge >= 0.3 is 0 Å². The molecular weight excluding hydrogens is 273 g/mol. The number of halogens is 2. The van der Waals surface area contributed by atoms with E-state index < -0.39 is 0 Å². The van der Waals surface area contributed by atoms with Gasteiger partial charge in [-0.15, -0.1) is 0 Å². The molecule has 1 aromatic carbocycles. The zero-order valence-corrected chi connectivity index (χ0v) is 10.7. The summed E-state index contributed by atoms with van der Waals surface area (Å²) >= 11 is 9.70. The zero-order valence-electron chi connectivity index (χ0n) is 8.37. The first-order chi connectivity index (χ1) is 7.24. The predicted octanol–water partition coefficient (Wildman–Crippen LogP) is 4.39. The van der Waals surface area contributed by atoms with Gasteiger partial charge in [-0.3, -0.25) is 4.98 Å². The summed E-state index contributed by atoms with van der Waals surface area (Å²) in [6.07, 6.45) is 1.81. The Balaban J connectivity index is 2.74. The summed E-state index contributed by atoms with van der Waals surface area (Å²) in [6.45, 7) is 2.14. The van der Waals surface area contributed by atoms with Crippen LogP contribution < -0.4 is 0 Å². The van der Waals surface area contributed by atoms with Gasteiger partial charge in [-0.25, -0.2) is 0 Å².